The molecule has 15 heavy (non-hydrogen) atoms. The van der Waals surface area contributed by atoms with Gasteiger partial charge in [-0.25, -0.2) is 0 Å². The summed E-state index contributed by atoms with van der Waals surface area (Å²) in [5.41, 5.74) is 5.65. The van der Waals surface area contributed by atoms with Gasteiger partial charge in [-0.05, 0) is 32.2 Å². The minimum absolute atomic E-state index is 0.321. The maximum Gasteiger partial charge on any atom is 0.0431 e. The van der Waals surface area contributed by atoms with Crippen molar-refractivity contribution in [3.05, 3.63) is 0 Å². The van der Waals surface area contributed by atoms with E-state index in [9.17, 15) is 0 Å². The molecule has 0 radical (unpaired) electrons. The molecule has 90 valence electrons. The topological polar surface area (TPSA) is 49.5 Å². The average molecular weight is 214 g/mol. The first-order chi connectivity index (χ1) is 7.38. The van der Waals surface area contributed by atoms with Gasteiger partial charge in [0, 0.05) is 25.7 Å². The lowest BCUT2D eigenvalue weighted by Crippen LogP contribution is -2.40. The standard InChI is InChI=1S/C12H26N2O/c13-8-10-14(9-4-5-11-15)12-6-2-1-3-7-12/h12,15H,1-11,13H2. The van der Waals surface area contributed by atoms with E-state index in [0.717, 1.165) is 38.5 Å². The second-order valence-electron chi connectivity index (χ2n) is 4.55. The largest absolute Gasteiger partial charge is 0.396 e. The molecule has 1 saturated carbocycles. The fourth-order valence-electron chi connectivity index (χ4n) is 2.52. The van der Waals surface area contributed by atoms with Crippen molar-refractivity contribution in [3.8, 4) is 0 Å². The molecule has 1 rings (SSSR count). The molecule has 0 saturated heterocycles. The lowest BCUT2D eigenvalue weighted by molar-refractivity contribution is 0.153. The number of rotatable bonds is 7. The van der Waals surface area contributed by atoms with Crippen molar-refractivity contribution < 1.29 is 5.11 Å². The number of nitrogens with two attached hydrogens (primary N) is 1. The van der Waals surface area contributed by atoms with Crippen LogP contribution in [0.15, 0.2) is 0 Å². The highest BCUT2D eigenvalue weighted by Gasteiger charge is 2.19. The number of hydrogen-bond donors (Lipinski definition) is 2. The maximum absolute atomic E-state index is 8.78. The summed E-state index contributed by atoms with van der Waals surface area (Å²) in [6.07, 6.45) is 8.89. The lowest BCUT2D eigenvalue weighted by Gasteiger charge is -2.34. The molecule has 0 heterocycles. The number of aliphatic hydroxyl groups is 1. The van der Waals surface area contributed by atoms with E-state index in [1.807, 2.05) is 0 Å². The van der Waals surface area contributed by atoms with Crippen molar-refractivity contribution >= 4 is 0 Å². The van der Waals surface area contributed by atoms with Gasteiger partial charge in [-0.3, -0.25) is 4.90 Å². The van der Waals surface area contributed by atoms with Crippen LogP contribution in [0.25, 0.3) is 0 Å². The predicted octanol–water partition coefficient (Wildman–Crippen LogP) is 1.35. The molecule has 3 heteroatoms. The van der Waals surface area contributed by atoms with Crippen LogP contribution < -0.4 is 5.73 Å². The lowest BCUT2D eigenvalue weighted by atomic mass is 9.94. The summed E-state index contributed by atoms with van der Waals surface area (Å²) in [6.45, 7) is 3.22. The monoisotopic (exact) mass is 214 g/mol. The van der Waals surface area contributed by atoms with E-state index in [-0.39, 0.29) is 0 Å². The normalized spacial score (nSPS) is 18.6. The molecule has 0 unspecified atom stereocenters. The van der Waals surface area contributed by atoms with Crippen LogP contribution >= 0.6 is 0 Å². The van der Waals surface area contributed by atoms with E-state index in [1.165, 1.54) is 32.1 Å². The number of nitrogens with zero attached hydrogens (tertiary/aromatic N) is 1. The third-order valence-electron chi connectivity index (χ3n) is 3.36. The highest BCUT2D eigenvalue weighted by Crippen LogP contribution is 2.22. The Bertz CT molecular complexity index is 147. The third kappa shape index (κ3) is 4.96. The third-order valence-corrected chi connectivity index (χ3v) is 3.36. The summed E-state index contributed by atoms with van der Waals surface area (Å²) in [6, 6.07) is 0.765. The summed E-state index contributed by atoms with van der Waals surface area (Å²) in [5.74, 6) is 0. The van der Waals surface area contributed by atoms with Crippen molar-refractivity contribution in [2.24, 2.45) is 5.73 Å². The Balaban J connectivity index is 2.26. The number of unbranched alkanes of at least 4 members (excludes halogenated alkanes) is 1. The highest BCUT2D eigenvalue weighted by atomic mass is 16.2. The smallest absolute Gasteiger partial charge is 0.0431 e. The molecule has 0 aromatic heterocycles. The van der Waals surface area contributed by atoms with E-state index >= 15 is 0 Å². The van der Waals surface area contributed by atoms with E-state index < -0.39 is 0 Å². The molecule has 0 atom stereocenters. The van der Waals surface area contributed by atoms with Crippen LogP contribution in [0.5, 0.6) is 0 Å². The van der Waals surface area contributed by atoms with Crippen LogP contribution in [0.1, 0.15) is 44.9 Å². The van der Waals surface area contributed by atoms with Gasteiger partial charge in [-0.1, -0.05) is 19.3 Å². The van der Waals surface area contributed by atoms with Gasteiger partial charge >= 0.3 is 0 Å². The van der Waals surface area contributed by atoms with E-state index in [4.69, 9.17) is 10.8 Å². The Labute approximate surface area is 93.6 Å². The Hall–Kier alpha value is -0.120. The van der Waals surface area contributed by atoms with Gasteiger partial charge in [-0.15, -0.1) is 0 Å². The van der Waals surface area contributed by atoms with Crippen LogP contribution in [0, 0.1) is 0 Å². The van der Waals surface area contributed by atoms with Crippen molar-refractivity contribution in [1.82, 2.24) is 4.90 Å². The average Bonchev–Trinajstić information content (AvgIpc) is 2.29. The quantitative estimate of drug-likeness (QED) is 0.629. The molecular formula is C12H26N2O. The SMILES string of the molecule is NCCN(CCCCO)C1CCCCC1. The van der Waals surface area contributed by atoms with Gasteiger partial charge in [0.15, 0.2) is 0 Å². The van der Waals surface area contributed by atoms with Crippen molar-refractivity contribution in [3.63, 3.8) is 0 Å². The summed E-state index contributed by atoms with van der Waals surface area (Å²) in [4.78, 5) is 2.54. The molecule has 0 spiro atoms. The molecular weight excluding hydrogens is 188 g/mol. The van der Waals surface area contributed by atoms with Crippen LogP contribution in [0.2, 0.25) is 0 Å². The number of aliphatic hydroxyl groups excluding tert-OH is 1. The fraction of sp³-hybridized carbons (Fsp3) is 1.00. The van der Waals surface area contributed by atoms with Gasteiger partial charge in [0.05, 0.1) is 0 Å². The molecule has 1 aliphatic rings. The highest BCUT2D eigenvalue weighted by molar-refractivity contribution is 4.76. The Morgan fingerprint density at radius 2 is 1.80 bits per heavy atom. The second kappa shape index (κ2) is 8.08. The first kappa shape index (κ1) is 12.9. The predicted molar refractivity (Wildman–Crippen MR) is 63.8 cm³/mol. The van der Waals surface area contributed by atoms with E-state index in [0.29, 0.717) is 6.61 Å². The van der Waals surface area contributed by atoms with Crippen LogP contribution in [0.4, 0.5) is 0 Å². The van der Waals surface area contributed by atoms with Crippen LogP contribution in [0.3, 0.4) is 0 Å². The molecule has 0 aliphatic heterocycles. The molecule has 1 aliphatic carbocycles. The number of hydrogen-bond acceptors (Lipinski definition) is 3. The zero-order valence-electron chi connectivity index (χ0n) is 9.83. The molecule has 0 aromatic rings. The fourth-order valence-corrected chi connectivity index (χ4v) is 2.52. The molecule has 3 N–H and O–H groups in total. The Morgan fingerprint density at radius 1 is 1.07 bits per heavy atom. The zero-order chi connectivity index (χ0) is 10.9. The van der Waals surface area contributed by atoms with Gasteiger partial charge in [0.25, 0.3) is 0 Å². The van der Waals surface area contributed by atoms with E-state index in [2.05, 4.69) is 4.90 Å². The van der Waals surface area contributed by atoms with Crippen LogP contribution in [-0.4, -0.2) is 42.3 Å². The zero-order valence-corrected chi connectivity index (χ0v) is 9.83. The first-order valence-electron chi connectivity index (χ1n) is 6.43. The van der Waals surface area contributed by atoms with Crippen molar-refractivity contribution in [2.45, 2.75) is 51.0 Å². The van der Waals surface area contributed by atoms with Gasteiger partial charge in [0.1, 0.15) is 0 Å². The second-order valence-corrected chi connectivity index (χ2v) is 4.55. The molecule has 0 aromatic carbocycles. The summed E-state index contributed by atoms with van der Waals surface area (Å²) in [5, 5.41) is 8.78. The van der Waals surface area contributed by atoms with Gasteiger partial charge in [-0.2, -0.15) is 0 Å². The summed E-state index contributed by atoms with van der Waals surface area (Å²) >= 11 is 0. The molecule has 3 nitrogen and oxygen atoms in total. The molecule has 1 fully saturated rings. The molecule has 0 bridgehead atoms. The summed E-state index contributed by atoms with van der Waals surface area (Å²) < 4.78 is 0. The Kier molecular flexibility index (Phi) is 6.98. The van der Waals surface area contributed by atoms with Crippen molar-refractivity contribution in [1.29, 1.82) is 0 Å². The van der Waals surface area contributed by atoms with E-state index in [1.54, 1.807) is 0 Å². The minimum Gasteiger partial charge on any atom is -0.396 e. The minimum atomic E-state index is 0.321. The van der Waals surface area contributed by atoms with Gasteiger partial charge in [0.2, 0.25) is 0 Å². The van der Waals surface area contributed by atoms with Gasteiger partial charge < -0.3 is 10.8 Å². The van der Waals surface area contributed by atoms with Crippen LogP contribution in [-0.2, 0) is 0 Å². The van der Waals surface area contributed by atoms with Crippen molar-refractivity contribution in [2.75, 3.05) is 26.2 Å². The summed E-state index contributed by atoms with van der Waals surface area (Å²) in [7, 11) is 0. The first-order valence-corrected chi connectivity index (χ1v) is 6.43. The maximum atomic E-state index is 8.78. The Morgan fingerprint density at radius 3 is 2.40 bits per heavy atom. The molecule has 0 amide bonds.